The highest BCUT2D eigenvalue weighted by Gasteiger charge is 2.31. The van der Waals surface area contributed by atoms with Crippen molar-refractivity contribution in [3.05, 3.63) is 29.3 Å². The van der Waals surface area contributed by atoms with Gasteiger partial charge in [0.2, 0.25) is 0 Å². The minimum Gasteiger partial charge on any atom is -0.489 e. The zero-order valence-electron chi connectivity index (χ0n) is 11.1. The highest BCUT2D eigenvalue weighted by Crippen LogP contribution is 2.33. The number of hydrogen-bond acceptors (Lipinski definition) is 3. The third kappa shape index (κ3) is 3.42. The lowest BCUT2D eigenvalue weighted by Crippen LogP contribution is -2.35. The van der Waals surface area contributed by atoms with Crippen LogP contribution in [0.5, 0.6) is 5.75 Å². The first-order chi connectivity index (χ1) is 9.40. The topological polar surface area (TPSA) is 36.3 Å². The molecule has 1 fully saturated rings. The lowest BCUT2D eigenvalue weighted by atomic mass is 10.1. The van der Waals surface area contributed by atoms with Crippen LogP contribution in [0, 0.1) is 11.3 Å². The van der Waals surface area contributed by atoms with Gasteiger partial charge in [-0.1, -0.05) is 0 Å². The molecule has 6 heteroatoms. The summed E-state index contributed by atoms with van der Waals surface area (Å²) in [6.45, 7) is 1.76. The van der Waals surface area contributed by atoms with Gasteiger partial charge in [0.15, 0.2) is 0 Å². The summed E-state index contributed by atoms with van der Waals surface area (Å²) in [5, 5.41) is 8.97. The van der Waals surface area contributed by atoms with Gasteiger partial charge in [0, 0.05) is 13.1 Å². The van der Waals surface area contributed by atoms with Gasteiger partial charge in [0.25, 0.3) is 0 Å². The second-order valence-electron chi connectivity index (χ2n) is 4.94. The third-order valence-electron chi connectivity index (χ3n) is 3.39. The maximum absolute atomic E-state index is 12.6. The fourth-order valence-electron chi connectivity index (χ4n) is 2.18. The molecule has 108 valence electrons. The molecule has 0 aliphatic carbocycles. The summed E-state index contributed by atoms with van der Waals surface area (Å²) in [5.41, 5.74) is -0.900. The van der Waals surface area contributed by atoms with Crippen LogP contribution in [0.15, 0.2) is 18.2 Å². The summed E-state index contributed by atoms with van der Waals surface area (Å²) in [7, 11) is 2.01. The predicted octanol–water partition coefficient (Wildman–Crippen LogP) is 3.05. The van der Waals surface area contributed by atoms with Crippen LogP contribution in [-0.4, -0.2) is 31.1 Å². The molecule has 1 aliphatic heterocycles. The molecule has 0 atom stereocenters. The molecule has 0 bridgehead atoms. The van der Waals surface area contributed by atoms with Crippen molar-refractivity contribution in [1.82, 2.24) is 4.90 Å². The summed E-state index contributed by atoms with van der Waals surface area (Å²) >= 11 is 0. The van der Waals surface area contributed by atoms with Crippen molar-refractivity contribution in [2.24, 2.45) is 0 Å². The van der Waals surface area contributed by atoms with Crippen LogP contribution in [0.1, 0.15) is 24.0 Å². The van der Waals surface area contributed by atoms with Gasteiger partial charge in [-0.25, -0.2) is 0 Å². The number of halogens is 3. The monoisotopic (exact) mass is 284 g/mol. The van der Waals surface area contributed by atoms with E-state index in [4.69, 9.17) is 10.00 Å². The van der Waals surface area contributed by atoms with Gasteiger partial charge >= 0.3 is 6.18 Å². The van der Waals surface area contributed by atoms with Crippen LogP contribution in [0.3, 0.4) is 0 Å². The van der Waals surface area contributed by atoms with Gasteiger partial charge < -0.3 is 9.64 Å². The lowest BCUT2D eigenvalue weighted by Gasteiger charge is -2.29. The number of benzene rings is 1. The van der Waals surface area contributed by atoms with E-state index >= 15 is 0 Å². The van der Waals surface area contributed by atoms with E-state index in [0.29, 0.717) is 0 Å². The molecule has 20 heavy (non-hydrogen) atoms. The molecule has 1 aromatic carbocycles. The average Bonchev–Trinajstić information content (AvgIpc) is 2.40. The number of likely N-dealkylation sites (tertiary alicyclic amines) is 1. The first-order valence-electron chi connectivity index (χ1n) is 6.36. The molecule has 0 N–H and O–H groups in total. The van der Waals surface area contributed by atoms with Crippen molar-refractivity contribution in [1.29, 1.82) is 5.26 Å². The number of nitriles is 1. The predicted molar refractivity (Wildman–Crippen MR) is 67.3 cm³/mol. The van der Waals surface area contributed by atoms with Crippen molar-refractivity contribution in [3.63, 3.8) is 0 Å². The molecule has 3 nitrogen and oxygen atoms in total. The van der Waals surface area contributed by atoms with Crippen molar-refractivity contribution in [3.8, 4) is 11.8 Å². The largest absolute Gasteiger partial charge is 0.489 e. The Bertz CT molecular complexity index is 514. The normalized spacial score (nSPS) is 17.8. The van der Waals surface area contributed by atoms with Crippen LogP contribution >= 0.6 is 0 Å². The van der Waals surface area contributed by atoms with Gasteiger partial charge in [-0.3, -0.25) is 0 Å². The van der Waals surface area contributed by atoms with E-state index in [-0.39, 0.29) is 17.4 Å². The molecule has 0 spiro atoms. The minimum atomic E-state index is -4.45. The molecule has 2 rings (SSSR count). The zero-order valence-corrected chi connectivity index (χ0v) is 11.1. The fraction of sp³-hybridized carbons (Fsp3) is 0.500. The smallest absolute Gasteiger partial charge is 0.416 e. The lowest BCUT2D eigenvalue weighted by molar-refractivity contribution is -0.137. The number of ether oxygens (including phenoxy) is 1. The van der Waals surface area contributed by atoms with Crippen molar-refractivity contribution in [2.45, 2.75) is 25.1 Å². The Labute approximate surface area is 115 Å². The number of nitrogens with zero attached hydrogens (tertiary/aromatic N) is 2. The van der Waals surface area contributed by atoms with E-state index in [1.807, 2.05) is 7.05 Å². The van der Waals surface area contributed by atoms with Crippen LogP contribution in [-0.2, 0) is 6.18 Å². The van der Waals surface area contributed by atoms with E-state index < -0.39 is 11.7 Å². The Morgan fingerprint density at radius 2 is 1.95 bits per heavy atom. The van der Waals surface area contributed by atoms with Crippen LogP contribution in [0.25, 0.3) is 0 Å². The van der Waals surface area contributed by atoms with Crippen LogP contribution in [0.4, 0.5) is 13.2 Å². The molecular weight excluding hydrogens is 269 g/mol. The summed E-state index contributed by atoms with van der Waals surface area (Å²) in [6, 6.07) is 4.79. The Hall–Kier alpha value is -1.74. The Morgan fingerprint density at radius 3 is 2.50 bits per heavy atom. The Balaban J connectivity index is 2.14. The molecule has 1 aromatic rings. The molecule has 0 amide bonds. The SMILES string of the molecule is CN1CCC(Oc2ccc(C(F)(F)F)cc2C#N)CC1. The maximum Gasteiger partial charge on any atom is 0.416 e. The highest BCUT2D eigenvalue weighted by atomic mass is 19.4. The van der Waals surface area contributed by atoms with E-state index in [0.717, 1.165) is 38.1 Å². The molecule has 0 saturated carbocycles. The maximum atomic E-state index is 12.6. The number of hydrogen-bond donors (Lipinski definition) is 0. The molecule has 0 unspecified atom stereocenters. The fourth-order valence-corrected chi connectivity index (χ4v) is 2.18. The second kappa shape index (κ2) is 5.71. The molecular formula is C14H15F3N2O. The number of piperidine rings is 1. The van der Waals surface area contributed by atoms with Gasteiger partial charge in [0.05, 0.1) is 11.1 Å². The molecule has 1 saturated heterocycles. The summed E-state index contributed by atoms with van der Waals surface area (Å²) in [4.78, 5) is 2.16. The second-order valence-corrected chi connectivity index (χ2v) is 4.94. The highest BCUT2D eigenvalue weighted by molar-refractivity contribution is 5.46. The molecule has 1 aliphatic rings. The first kappa shape index (κ1) is 14.7. The third-order valence-corrected chi connectivity index (χ3v) is 3.39. The average molecular weight is 284 g/mol. The molecule has 0 aromatic heterocycles. The van der Waals surface area contributed by atoms with Crippen molar-refractivity contribution >= 4 is 0 Å². The number of alkyl halides is 3. The van der Waals surface area contributed by atoms with E-state index in [1.54, 1.807) is 6.07 Å². The van der Waals surface area contributed by atoms with Gasteiger partial charge in [-0.2, -0.15) is 18.4 Å². The first-order valence-corrected chi connectivity index (χ1v) is 6.36. The quantitative estimate of drug-likeness (QED) is 0.837. The summed E-state index contributed by atoms with van der Waals surface area (Å²) in [6.07, 6.45) is -2.88. The number of rotatable bonds is 2. The van der Waals surface area contributed by atoms with Gasteiger partial charge in [0.1, 0.15) is 17.9 Å². The molecule has 1 heterocycles. The van der Waals surface area contributed by atoms with Gasteiger partial charge in [-0.05, 0) is 38.1 Å². The van der Waals surface area contributed by atoms with E-state index in [1.165, 1.54) is 6.07 Å². The minimum absolute atomic E-state index is 0.0463. The standard InChI is InChI=1S/C14H15F3N2O/c1-19-6-4-12(5-7-19)20-13-3-2-11(14(15,16)17)8-10(13)9-18/h2-3,8,12H,4-7H2,1H3. The van der Waals surface area contributed by atoms with Crippen LogP contribution in [0.2, 0.25) is 0 Å². The zero-order chi connectivity index (χ0) is 14.8. The Kier molecular flexibility index (Phi) is 4.19. The van der Waals surface area contributed by atoms with Crippen molar-refractivity contribution in [2.75, 3.05) is 20.1 Å². The van der Waals surface area contributed by atoms with Crippen molar-refractivity contribution < 1.29 is 17.9 Å². The van der Waals surface area contributed by atoms with E-state index in [9.17, 15) is 13.2 Å². The summed E-state index contributed by atoms with van der Waals surface area (Å²) in [5.74, 6) is 0.232. The molecule has 0 radical (unpaired) electrons. The Morgan fingerprint density at radius 1 is 1.30 bits per heavy atom. The van der Waals surface area contributed by atoms with Gasteiger partial charge in [-0.15, -0.1) is 0 Å². The van der Waals surface area contributed by atoms with Crippen LogP contribution < -0.4 is 4.74 Å². The van der Waals surface area contributed by atoms with E-state index in [2.05, 4.69) is 4.90 Å². The summed E-state index contributed by atoms with van der Waals surface area (Å²) < 4.78 is 43.4.